The lowest BCUT2D eigenvalue weighted by Gasteiger charge is -2.16. The Morgan fingerprint density at radius 2 is 2.11 bits per heavy atom. The molecule has 3 N–H and O–H groups in total. The van der Waals surface area contributed by atoms with E-state index in [9.17, 15) is 0 Å². The van der Waals surface area contributed by atoms with Gasteiger partial charge in [-0.05, 0) is 19.2 Å². The van der Waals surface area contributed by atoms with Crippen molar-refractivity contribution < 1.29 is 4.74 Å². The van der Waals surface area contributed by atoms with Gasteiger partial charge in [0, 0.05) is 29.7 Å². The molecule has 0 aromatic carbocycles. The van der Waals surface area contributed by atoms with Crippen LogP contribution in [0.15, 0.2) is 30.6 Å². The number of nitrogens with two attached hydrogens (primary N) is 1. The molecule has 0 amide bonds. The normalized spacial score (nSPS) is 12.1. The van der Waals surface area contributed by atoms with Gasteiger partial charge in [-0.2, -0.15) is 0 Å². The molecule has 0 spiro atoms. The molecule has 6 heteroatoms. The second-order valence-corrected chi connectivity index (χ2v) is 3.73. The number of nitrogen functional groups attached to an aromatic ring is 1. The molecule has 0 fully saturated rings. The van der Waals surface area contributed by atoms with E-state index in [0.29, 0.717) is 11.6 Å². The van der Waals surface area contributed by atoms with Crippen LogP contribution in [0.3, 0.4) is 0 Å². The Labute approximate surface area is 105 Å². The van der Waals surface area contributed by atoms with Crippen LogP contribution < -0.4 is 15.8 Å². The minimum absolute atomic E-state index is 0.142. The quantitative estimate of drug-likeness (QED) is 0.827. The lowest BCUT2D eigenvalue weighted by atomic mass is 10.0. The molecule has 0 aliphatic heterocycles. The number of aromatic nitrogens is 3. The average molecular weight is 245 g/mol. The third kappa shape index (κ3) is 2.38. The first-order valence-electron chi connectivity index (χ1n) is 5.50. The van der Waals surface area contributed by atoms with E-state index in [1.165, 1.54) is 0 Å². The molecular weight excluding hydrogens is 230 g/mol. The van der Waals surface area contributed by atoms with Crippen molar-refractivity contribution in [2.75, 3.05) is 19.9 Å². The molecule has 0 radical (unpaired) electrons. The third-order valence-electron chi connectivity index (χ3n) is 2.65. The molecule has 18 heavy (non-hydrogen) atoms. The second kappa shape index (κ2) is 5.42. The van der Waals surface area contributed by atoms with Gasteiger partial charge in [0.1, 0.15) is 0 Å². The summed E-state index contributed by atoms with van der Waals surface area (Å²) in [6, 6.07) is 5.23. The highest BCUT2D eigenvalue weighted by molar-refractivity contribution is 5.48. The molecular formula is C12H15N5O. The average Bonchev–Trinajstić information content (AvgIpc) is 2.42. The number of methoxy groups -OCH3 is 1. The maximum Gasteiger partial charge on any atom is 0.233 e. The molecule has 1 atom stereocenters. The zero-order valence-electron chi connectivity index (χ0n) is 10.3. The minimum Gasteiger partial charge on any atom is -0.480 e. The minimum atomic E-state index is -0.142. The van der Waals surface area contributed by atoms with Crippen LogP contribution in [0.5, 0.6) is 5.88 Å². The topological polar surface area (TPSA) is 86.0 Å². The molecule has 94 valence electrons. The van der Waals surface area contributed by atoms with Gasteiger partial charge in [0.05, 0.1) is 18.8 Å². The van der Waals surface area contributed by atoms with Crippen LogP contribution in [0.1, 0.15) is 17.3 Å². The summed E-state index contributed by atoms with van der Waals surface area (Å²) in [7, 11) is 3.39. The summed E-state index contributed by atoms with van der Waals surface area (Å²) in [5, 5.41) is 11.2. The van der Waals surface area contributed by atoms with Crippen molar-refractivity contribution in [2.24, 2.45) is 0 Å². The van der Waals surface area contributed by atoms with Crippen molar-refractivity contribution in [3.63, 3.8) is 0 Å². The Morgan fingerprint density at radius 1 is 1.28 bits per heavy atom. The lowest BCUT2D eigenvalue weighted by Crippen LogP contribution is -2.20. The number of hydrogen-bond donors (Lipinski definition) is 2. The Kier molecular flexibility index (Phi) is 3.69. The van der Waals surface area contributed by atoms with Gasteiger partial charge < -0.3 is 15.8 Å². The van der Waals surface area contributed by atoms with Gasteiger partial charge in [-0.3, -0.25) is 4.98 Å². The molecule has 0 aliphatic carbocycles. The number of nitrogens with one attached hydrogen (secondary N) is 1. The standard InChI is InChI=1S/C12H15N5O/c1-14-12(8-7-15-6-5-9(8)13)10-3-4-11(18-2)17-16-10/h3-7,12,14H,1-2H3,(H2,13,15). The smallest absolute Gasteiger partial charge is 0.233 e. The molecule has 2 aromatic heterocycles. The zero-order chi connectivity index (χ0) is 13.0. The van der Waals surface area contributed by atoms with Crippen LogP contribution in [0, 0.1) is 0 Å². The van der Waals surface area contributed by atoms with E-state index in [0.717, 1.165) is 11.3 Å². The number of rotatable bonds is 4. The number of pyridine rings is 1. The van der Waals surface area contributed by atoms with Crippen molar-refractivity contribution in [1.29, 1.82) is 0 Å². The maximum absolute atomic E-state index is 5.94. The van der Waals surface area contributed by atoms with Crippen LogP contribution in [0.25, 0.3) is 0 Å². The summed E-state index contributed by atoms with van der Waals surface area (Å²) < 4.78 is 4.98. The number of hydrogen-bond acceptors (Lipinski definition) is 6. The molecule has 2 rings (SSSR count). The summed E-state index contributed by atoms with van der Waals surface area (Å²) >= 11 is 0. The predicted molar refractivity (Wildman–Crippen MR) is 68.1 cm³/mol. The highest BCUT2D eigenvalue weighted by Gasteiger charge is 2.16. The molecule has 0 aliphatic rings. The van der Waals surface area contributed by atoms with Crippen LogP contribution in [0.2, 0.25) is 0 Å². The van der Waals surface area contributed by atoms with Crippen LogP contribution >= 0.6 is 0 Å². The molecule has 0 saturated carbocycles. The van der Waals surface area contributed by atoms with E-state index in [2.05, 4.69) is 20.5 Å². The number of ether oxygens (including phenoxy) is 1. The largest absolute Gasteiger partial charge is 0.480 e. The van der Waals surface area contributed by atoms with Crippen molar-refractivity contribution >= 4 is 5.69 Å². The van der Waals surface area contributed by atoms with Gasteiger partial charge in [0.2, 0.25) is 5.88 Å². The van der Waals surface area contributed by atoms with Crippen LogP contribution in [-0.4, -0.2) is 29.3 Å². The van der Waals surface area contributed by atoms with E-state index < -0.39 is 0 Å². The van der Waals surface area contributed by atoms with Gasteiger partial charge in [0.25, 0.3) is 0 Å². The second-order valence-electron chi connectivity index (χ2n) is 3.73. The lowest BCUT2D eigenvalue weighted by molar-refractivity contribution is 0.390. The van der Waals surface area contributed by atoms with Gasteiger partial charge in [-0.25, -0.2) is 0 Å². The van der Waals surface area contributed by atoms with Gasteiger partial charge >= 0.3 is 0 Å². The van der Waals surface area contributed by atoms with E-state index in [1.807, 2.05) is 13.1 Å². The van der Waals surface area contributed by atoms with E-state index in [-0.39, 0.29) is 6.04 Å². The first-order valence-corrected chi connectivity index (χ1v) is 5.50. The van der Waals surface area contributed by atoms with E-state index >= 15 is 0 Å². The van der Waals surface area contributed by atoms with Gasteiger partial charge in [-0.1, -0.05) is 0 Å². The maximum atomic E-state index is 5.94. The highest BCUT2D eigenvalue weighted by Crippen LogP contribution is 2.24. The Hall–Kier alpha value is -2.21. The van der Waals surface area contributed by atoms with Crippen LogP contribution in [0.4, 0.5) is 5.69 Å². The predicted octanol–water partition coefficient (Wildman–Crippen LogP) is 0.771. The van der Waals surface area contributed by atoms with Gasteiger partial charge in [0.15, 0.2) is 0 Å². The molecule has 0 saturated heterocycles. The summed E-state index contributed by atoms with van der Waals surface area (Å²) in [5.74, 6) is 0.479. The molecule has 1 unspecified atom stereocenters. The van der Waals surface area contributed by atoms with Crippen LogP contribution in [-0.2, 0) is 0 Å². The number of anilines is 1. The molecule has 6 nitrogen and oxygen atoms in total. The van der Waals surface area contributed by atoms with E-state index in [4.69, 9.17) is 10.5 Å². The van der Waals surface area contributed by atoms with Crippen molar-refractivity contribution in [2.45, 2.75) is 6.04 Å². The van der Waals surface area contributed by atoms with E-state index in [1.54, 1.807) is 31.6 Å². The Bertz CT molecular complexity index is 514. The monoisotopic (exact) mass is 245 g/mol. The number of nitrogens with zero attached hydrogens (tertiary/aromatic N) is 3. The first-order chi connectivity index (χ1) is 8.76. The fourth-order valence-electron chi connectivity index (χ4n) is 1.71. The van der Waals surface area contributed by atoms with Gasteiger partial charge in [-0.15, -0.1) is 10.2 Å². The molecule has 0 bridgehead atoms. The van der Waals surface area contributed by atoms with Crippen molar-refractivity contribution in [1.82, 2.24) is 20.5 Å². The molecule has 2 heterocycles. The summed E-state index contributed by atoms with van der Waals surface area (Å²) in [6.07, 6.45) is 3.38. The van der Waals surface area contributed by atoms with Crippen molar-refractivity contribution in [3.05, 3.63) is 41.9 Å². The Morgan fingerprint density at radius 3 is 2.67 bits per heavy atom. The zero-order valence-corrected chi connectivity index (χ0v) is 10.3. The SMILES string of the molecule is CNC(c1ccc(OC)nn1)c1cnccc1N. The summed E-state index contributed by atoms with van der Waals surface area (Å²) in [4.78, 5) is 4.08. The summed E-state index contributed by atoms with van der Waals surface area (Å²) in [5.41, 5.74) is 8.24. The fraction of sp³-hybridized carbons (Fsp3) is 0.250. The molecule has 2 aromatic rings. The fourth-order valence-corrected chi connectivity index (χ4v) is 1.71. The first kappa shape index (κ1) is 12.3. The Balaban J connectivity index is 2.36. The summed E-state index contributed by atoms with van der Waals surface area (Å²) in [6.45, 7) is 0. The highest BCUT2D eigenvalue weighted by atomic mass is 16.5. The third-order valence-corrected chi connectivity index (χ3v) is 2.65. The van der Waals surface area contributed by atoms with Crippen molar-refractivity contribution in [3.8, 4) is 5.88 Å².